The Bertz CT molecular complexity index is 580. The van der Waals surface area contributed by atoms with E-state index in [1.807, 2.05) is 19.2 Å². The minimum atomic E-state index is -0.163. The number of hydrogen-bond acceptors (Lipinski definition) is 2. The first-order valence-electron chi connectivity index (χ1n) is 7.16. The van der Waals surface area contributed by atoms with E-state index < -0.39 is 0 Å². The molecule has 0 radical (unpaired) electrons. The normalized spacial score (nSPS) is 12.4. The zero-order valence-electron chi connectivity index (χ0n) is 12.8. The molecule has 2 rings (SSSR count). The number of methoxy groups -OCH3 is 1. The molecule has 1 atom stereocenters. The van der Waals surface area contributed by atoms with E-state index in [1.54, 1.807) is 20.1 Å². The summed E-state index contributed by atoms with van der Waals surface area (Å²) < 4.78 is 18.8. The number of rotatable bonds is 6. The Morgan fingerprint density at radius 2 is 1.76 bits per heavy atom. The minimum Gasteiger partial charge on any atom is -0.384 e. The minimum absolute atomic E-state index is 0.00317. The van der Waals surface area contributed by atoms with E-state index in [0.29, 0.717) is 5.56 Å². The van der Waals surface area contributed by atoms with Gasteiger partial charge >= 0.3 is 0 Å². The Hall–Kier alpha value is -1.71. The second kappa shape index (κ2) is 7.34. The first kappa shape index (κ1) is 15.7. The van der Waals surface area contributed by atoms with Gasteiger partial charge in [-0.1, -0.05) is 36.4 Å². The average Bonchev–Trinajstić information content (AvgIpc) is 2.50. The molecule has 3 heteroatoms. The molecular weight excluding hydrogens is 265 g/mol. The van der Waals surface area contributed by atoms with Crippen LogP contribution in [0.1, 0.15) is 28.3 Å². The summed E-state index contributed by atoms with van der Waals surface area (Å²) in [5, 5.41) is 3.25. The summed E-state index contributed by atoms with van der Waals surface area (Å²) in [5.41, 5.74) is 3.97. The predicted octanol–water partition coefficient (Wildman–Crippen LogP) is 3.63. The first-order valence-corrected chi connectivity index (χ1v) is 7.16. The molecule has 0 amide bonds. The third-order valence-electron chi connectivity index (χ3n) is 3.73. The molecule has 0 aromatic heterocycles. The van der Waals surface area contributed by atoms with E-state index in [-0.39, 0.29) is 11.9 Å². The molecule has 2 aromatic rings. The van der Waals surface area contributed by atoms with Gasteiger partial charge in [0.15, 0.2) is 0 Å². The molecule has 0 saturated heterocycles. The third kappa shape index (κ3) is 3.90. The predicted molar refractivity (Wildman–Crippen MR) is 84.1 cm³/mol. The van der Waals surface area contributed by atoms with Crippen molar-refractivity contribution < 1.29 is 9.13 Å². The summed E-state index contributed by atoms with van der Waals surface area (Å²) in [6.07, 6.45) is 0.903. The van der Waals surface area contributed by atoms with Crippen LogP contribution in [0.2, 0.25) is 0 Å². The fraction of sp³-hybridized carbons (Fsp3) is 0.333. The smallest absolute Gasteiger partial charge is 0.126 e. The summed E-state index contributed by atoms with van der Waals surface area (Å²) in [6, 6.07) is 13.8. The van der Waals surface area contributed by atoms with Gasteiger partial charge in [0.25, 0.3) is 0 Å². The van der Waals surface area contributed by atoms with Crippen molar-refractivity contribution in [2.24, 2.45) is 0 Å². The van der Waals surface area contributed by atoms with E-state index in [2.05, 4.69) is 29.6 Å². The van der Waals surface area contributed by atoms with Crippen molar-refractivity contribution in [1.29, 1.82) is 0 Å². The van der Waals surface area contributed by atoms with E-state index in [4.69, 9.17) is 4.74 Å². The van der Waals surface area contributed by atoms with Crippen LogP contribution in [-0.4, -0.2) is 20.8 Å². The van der Waals surface area contributed by atoms with Crippen LogP contribution in [0.4, 0.5) is 4.39 Å². The summed E-state index contributed by atoms with van der Waals surface area (Å²) >= 11 is 0. The highest BCUT2D eigenvalue weighted by Gasteiger charge is 2.13. The first-order chi connectivity index (χ1) is 10.2. The monoisotopic (exact) mass is 287 g/mol. The van der Waals surface area contributed by atoms with Gasteiger partial charge in [0, 0.05) is 7.11 Å². The van der Waals surface area contributed by atoms with Crippen LogP contribution >= 0.6 is 0 Å². The van der Waals surface area contributed by atoms with E-state index in [0.717, 1.165) is 24.2 Å². The van der Waals surface area contributed by atoms with Crippen LogP contribution in [0.5, 0.6) is 0 Å². The Morgan fingerprint density at radius 3 is 2.33 bits per heavy atom. The van der Waals surface area contributed by atoms with Gasteiger partial charge in [-0.3, -0.25) is 0 Å². The van der Waals surface area contributed by atoms with Gasteiger partial charge in [0.2, 0.25) is 0 Å². The quantitative estimate of drug-likeness (QED) is 0.876. The molecule has 0 heterocycles. The molecule has 21 heavy (non-hydrogen) atoms. The molecule has 0 aliphatic heterocycles. The van der Waals surface area contributed by atoms with E-state index >= 15 is 0 Å². The number of ether oxygens (including phenoxy) is 1. The van der Waals surface area contributed by atoms with Crippen molar-refractivity contribution in [2.75, 3.05) is 20.8 Å². The second-order valence-electron chi connectivity index (χ2n) is 5.21. The summed E-state index contributed by atoms with van der Waals surface area (Å²) in [5.74, 6) is -0.163. The van der Waals surface area contributed by atoms with Crippen molar-refractivity contribution >= 4 is 0 Å². The molecule has 1 N–H and O–H groups in total. The third-order valence-corrected chi connectivity index (χ3v) is 3.73. The highest BCUT2D eigenvalue weighted by molar-refractivity contribution is 5.35. The average molecular weight is 287 g/mol. The SMILES string of the molecule is CNC(c1ccc(CCOC)cc1)c1ccc(C)c(F)c1. The van der Waals surface area contributed by atoms with Gasteiger partial charge in [-0.05, 0) is 48.7 Å². The summed E-state index contributed by atoms with van der Waals surface area (Å²) in [7, 11) is 3.60. The second-order valence-corrected chi connectivity index (χ2v) is 5.21. The largest absolute Gasteiger partial charge is 0.384 e. The van der Waals surface area contributed by atoms with E-state index in [9.17, 15) is 4.39 Å². The maximum Gasteiger partial charge on any atom is 0.126 e. The van der Waals surface area contributed by atoms with Crippen LogP contribution in [0, 0.1) is 12.7 Å². The number of hydrogen-bond donors (Lipinski definition) is 1. The molecule has 0 bridgehead atoms. The molecule has 1 unspecified atom stereocenters. The van der Waals surface area contributed by atoms with Crippen LogP contribution in [0.25, 0.3) is 0 Å². The molecule has 2 aromatic carbocycles. The number of aryl methyl sites for hydroxylation is 1. The zero-order chi connectivity index (χ0) is 15.2. The fourth-order valence-corrected chi connectivity index (χ4v) is 2.41. The topological polar surface area (TPSA) is 21.3 Å². The van der Waals surface area contributed by atoms with Gasteiger partial charge in [-0.2, -0.15) is 0 Å². The molecular formula is C18H22FNO. The van der Waals surface area contributed by atoms with Gasteiger partial charge in [0.05, 0.1) is 12.6 Å². The van der Waals surface area contributed by atoms with Crippen molar-refractivity contribution in [1.82, 2.24) is 5.32 Å². The van der Waals surface area contributed by atoms with Crippen LogP contribution in [0.15, 0.2) is 42.5 Å². The maximum atomic E-state index is 13.8. The maximum absolute atomic E-state index is 13.8. The highest BCUT2D eigenvalue weighted by Crippen LogP contribution is 2.24. The Balaban J connectivity index is 2.22. The lowest BCUT2D eigenvalue weighted by Crippen LogP contribution is -2.18. The number of nitrogens with one attached hydrogen (secondary N) is 1. The van der Waals surface area contributed by atoms with Gasteiger partial charge in [-0.25, -0.2) is 4.39 Å². The Kier molecular flexibility index (Phi) is 5.48. The lowest BCUT2D eigenvalue weighted by Gasteiger charge is -2.18. The highest BCUT2D eigenvalue weighted by atomic mass is 19.1. The molecule has 112 valence electrons. The number of halogens is 1. The summed E-state index contributed by atoms with van der Waals surface area (Å²) in [6.45, 7) is 2.50. The molecule has 0 saturated carbocycles. The molecule has 0 fully saturated rings. The fourth-order valence-electron chi connectivity index (χ4n) is 2.41. The molecule has 0 aliphatic carbocycles. The van der Waals surface area contributed by atoms with Gasteiger partial charge in [-0.15, -0.1) is 0 Å². The van der Waals surface area contributed by atoms with Gasteiger partial charge < -0.3 is 10.1 Å². The standard InChI is InChI=1S/C18H22FNO/c1-13-4-7-16(12-17(13)19)18(20-2)15-8-5-14(6-9-15)10-11-21-3/h4-9,12,18,20H,10-11H2,1-3H3. The zero-order valence-corrected chi connectivity index (χ0v) is 12.8. The molecule has 2 nitrogen and oxygen atoms in total. The van der Waals surface area contributed by atoms with Crippen LogP contribution in [-0.2, 0) is 11.2 Å². The molecule has 0 aliphatic rings. The van der Waals surface area contributed by atoms with Crippen molar-refractivity contribution in [3.63, 3.8) is 0 Å². The summed E-state index contributed by atoms with van der Waals surface area (Å²) in [4.78, 5) is 0. The lowest BCUT2D eigenvalue weighted by atomic mass is 9.96. The van der Waals surface area contributed by atoms with Crippen molar-refractivity contribution in [2.45, 2.75) is 19.4 Å². The van der Waals surface area contributed by atoms with Crippen LogP contribution in [0.3, 0.4) is 0 Å². The van der Waals surface area contributed by atoms with Crippen molar-refractivity contribution in [3.05, 3.63) is 70.5 Å². The van der Waals surface area contributed by atoms with Crippen LogP contribution < -0.4 is 5.32 Å². The van der Waals surface area contributed by atoms with E-state index in [1.165, 1.54) is 5.56 Å². The van der Waals surface area contributed by atoms with Crippen molar-refractivity contribution in [3.8, 4) is 0 Å². The number of benzene rings is 2. The molecule has 0 spiro atoms. The Morgan fingerprint density at radius 1 is 1.10 bits per heavy atom. The Labute approximate surface area is 126 Å². The lowest BCUT2D eigenvalue weighted by molar-refractivity contribution is 0.202. The van der Waals surface area contributed by atoms with Gasteiger partial charge in [0.1, 0.15) is 5.82 Å².